The van der Waals surface area contributed by atoms with Crippen LogP contribution in [0.25, 0.3) is 0 Å². The number of ether oxygens (including phenoxy) is 1. The van der Waals surface area contributed by atoms with E-state index in [1.54, 1.807) is 13.3 Å². The zero-order chi connectivity index (χ0) is 14.5. The van der Waals surface area contributed by atoms with Crippen LogP contribution in [0.2, 0.25) is 0 Å². The molecule has 2 atom stereocenters. The van der Waals surface area contributed by atoms with Gasteiger partial charge in [0.1, 0.15) is 5.69 Å². The lowest BCUT2D eigenvalue weighted by molar-refractivity contribution is 0.293. The topological polar surface area (TPSA) is 37.4 Å². The summed E-state index contributed by atoms with van der Waals surface area (Å²) in [7, 11) is 5.76. The second kappa shape index (κ2) is 6.82. The number of methoxy groups -OCH3 is 1. The van der Waals surface area contributed by atoms with Crippen molar-refractivity contribution in [2.75, 3.05) is 38.0 Å². The molecule has 1 heterocycles. The predicted octanol–water partition coefficient (Wildman–Crippen LogP) is 3.39. The van der Waals surface area contributed by atoms with Crippen LogP contribution in [0.4, 0.5) is 11.4 Å². The largest absolute Gasteiger partial charge is 0.479 e. The Balaban J connectivity index is 2.07. The first-order chi connectivity index (χ1) is 9.61. The molecule has 4 heteroatoms. The van der Waals surface area contributed by atoms with Crippen molar-refractivity contribution in [1.82, 2.24) is 4.98 Å². The first-order valence-corrected chi connectivity index (χ1v) is 7.56. The average molecular weight is 277 g/mol. The van der Waals surface area contributed by atoms with Gasteiger partial charge in [0.15, 0.2) is 0 Å². The molecule has 112 valence electrons. The van der Waals surface area contributed by atoms with Gasteiger partial charge in [0, 0.05) is 26.8 Å². The Bertz CT molecular complexity index is 434. The van der Waals surface area contributed by atoms with E-state index in [4.69, 9.17) is 4.74 Å². The molecule has 0 aromatic carbocycles. The maximum Gasteiger partial charge on any atom is 0.239 e. The summed E-state index contributed by atoms with van der Waals surface area (Å²) in [4.78, 5) is 6.40. The Morgan fingerprint density at radius 3 is 2.85 bits per heavy atom. The number of anilines is 2. The molecule has 0 spiro atoms. The molecule has 20 heavy (non-hydrogen) atoms. The number of nitrogens with one attached hydrogen (secondary N) is 1. The molecule has 0 aliphatic heterocycles. The highest BCUT2D eigenvalue weighted by atomic mass is 16.5. The molecule has 1 saturated carbocycles. The molecule has 0 bridgehead atoms. The number of aromatic nitrogens is 1. The van der Waals surface area contributed by atoms with Gasteiger partial charge in [-0.1, -0.05) is 19.8 Å². The highest BCUT2D eigenvalue weighted by Gasteiger charge is 2.20. The molecule has 2 unspecified atom stereocenters. The third kappa shape index (κ3) is 3.56. The van der Waals surface area contributed by atoms with Gasteiger partial charge in [-0.15, -0.1) is 0 Å². The van der Waals surface area contributed by atoms with Crippen molar-refractivity contribution in [2.45, 2.75) is 32.6 Å². The fourth-order valence-corrected chi connectivity index (χ4v) is 3.12. The fourth-order valence-electron chi connectivity index (χ4n) is 3.12. The van der Waals surface area contributed by atoms with Gasteiger partial charge in [-0.2, -0.15) is 0 Å². The van der Waals surface area contributed by atoms with Crippen LogP contribution in [0.3, 0.4) is 0 Å². The molecule has 1 aliphatic carbocycles. The van der Waals surface area contributed by atoms with Gasteiger partial charge in [-0.3, -0.25) is 0 Å². The number of nitrogens with zero attached hydrogens (tertiary/aromatic N) is 2. The van der Waals surface area contributed by atoms with E-state index >= 15 is 0 Å². The van der Waals surface area contributed by atoms with Gasteiger partial charge >= 0.3 is 0 Å². The van der Waals surface area contributed by atoms with Crippen LogP contribution in [-0.2, 0) is 0 Å². The SMILES string of the molecule is COc1nccc(N(C)C)c1NCC1CCCC(C)C1. The minimum Gasteiger partial charge on any atom is -0.479 e. The molecular weight excluding hydrogens is 250 g/mol. The van der Waals surface area contributed by atoms with E-state index in [0.29, 0.717) is 5.88 Å². The van der Waals surface area contributed by atoms with E-state index in [-0.39, 0.29) is 0 Å². The molecule has 1 fully saturated rings. The van der Waals surface area contributed by atoms with Crippen LogP contribution in [0.15, 0.2) is 12.3 Å². The van der Waals surface area contributed by atoms with Gasteiger partial charge in [0.25, 0.3) is 0 Å². The summed E-state index contributed by atoms with van der Waals surface area (Å²) in [5.74, 6) is 2.30. The Kier molecular flexibility index (Phi) is 5.10. The van der Waals surface area contributed by atoms with Crippen molar-refractivity contribution in [3.05, 3.63) is 12.3 Å². The summed E-state index contributed by atoms with van der Waals surface area (Å²) in [6.45, 7) is 3.37. The van der Waals surface area contributed by atoms with E-state index in [1.165, 1.54) is 25.7 Å². The normalized spacial score (nSPS) is 22.4. The van der Waals surface area contributed by atoms with Crippen LogP contribution < -0.4 is 15.0 Å². The monoisotopic (exact) mass is 277 g/mol. The Morgan fingerprint density at radius 2 is 2.20 bits per heavy atom. The lowest BCUT2D eigenvalue weighted by atomic mass is 9.82. The van der Waals surface area contributed by atoms with E-state index in [9.17, 15) is 0 Å². The number of hydrogen-bond donors (Lipinski definition) is 1. The van der Waals surface area contributed by atoms with Crippen molar-refractivity contribution in [2.24, 2.45) is 11.8 Å². The van der Waals surface area contributed by atoms with E-state index in [0.717, 1.165) is 29.8 Å². The number of rotatable bonds is 5. The summed E-state index contributed by atoms with van der Waals surface area (Å²) in [6.07, 6.45) is 7.19. The maximum atomic E-state index is 5.40. The molecule has 1 aromatic rings. The molecular formula is C16H27N3O. The molecule has 0 amide bonds. The second-order valence-electron chi connectivity index (χ2n) is 6.13. The van der Waals surface area contributed by atoms with Crippen molar-refractivity contribution in [3.8, 4) is 5.88 Å². The van der Waals surface area contributed by atoms with Gasteiger partial charge < -0.3 is 15.0 Å². The third-order valence-electron chi connectivity index (χ3n) is 4.18. The number of hydrogen-bond acceptors (Lipinski definition) is 4. The first kappa shape index (κ1) is 14.9. The second-order valence-corrected chi connectivity index (χ2v) is 6.13. The number of pyridine rings is 1. The van der Waals surface area contributed by atoms with Gasteiger partial charge in [0.2, 0.25) is 5.88 Å². The lowest BCUT2D eigenvalue weighted by Crippen LogP contribution is -2.22. The third-order valence-corrected chi connectivity index (χ3v) is 4.18. The quantitative estimate of drug-likeness (QED) is 0.895. The first-order valence-electron chi connectivity index (χ1n) is 7.56. The minimum absolute atomic E-state index is 0.681. The van der Waals surface area contributed by atoms with Gasteiger partial charge in [-0.05, 0) is 30.7 Å². The smallest absolute Gasteiger partial charge is 0.239 e. The van der Waals surface area contributed by atoms with Crippen LogP contribution in [0.5, 0.6) is 5.88 Å². The summed E-state index contributed by atoms with van der Waals surface area (Å²) < 4.78 is 5.40. The van der Waals surface area contributed by atoms with E-state index in [1.807, 2.05) is 20.2 Å². The van der Waals surface area contributed by atoms with Crippen LogP contribution in [-0.4, -0.2) is 32.7 Å². The van der Waals surface area contributed by atoms with Crippen molar-refractivity contribution < 1.29 is 4.74 Å². The summed E-state index contributed by atoms with van der Waals surface area (Å²) >= 11 is 0. The standard InChI is InChI=1S/C16H27N3O/c1-12-6-5-7-13(10-12)11-18-15-14(19(2)3)8-9-17-16(15)20-4/h8-9,12-13,18H,5-7,10-11H2,1-4H3. The maximum absolute atomic E-state index is 5.40. The molecule has 4 nitrogen and oxygen atoms in total. The average Bonchev–Trinajstić information content (AvgIpc) is 2.44. The Morgan fingerprint density at radius 1 is 1.40 bits per heavy atom. The van der Waals surface area contributed by atoms with Gasteiger partial charge in [0.05, 0.1) is 12.8 Å². The van der Waals surface area contributed by atoms with Gasteiger partial charge in [-0.25, -0.2) is 4.98 Å². The zero-order valence-corrected chi connectivity index (χ0v) is 13.1. The molecule has 1 N–H and O–H groups in total. The Hall–Kier alpha value is -1.45. The molecule has 1 aromatic heterocycles. The lowest BCUT2D eigenvalue weighted by Gasteiger charge is -2.28. The van der Waals surface area contributed by atoms with Crippen molar-refractivity contribution in [3.63, 3.8) is 0 Å². The predicted molar refractivity (Wildman–Crippen MR) is 84.7 cm³/mol. The van der Waals surface area contributed by atoms with Crippen LogP contribution in [0, 0.1) is 11.8 Å². The summed E-state index contributed by atoms with van der Waals surface area (Å²) in [5, 5.41) is 3.58. The highest BCUT2D eigenvalue weighted by Crippen LogP contribution is 2.34. The fraction of sp³-hybridized carbons (Fsp3) is 0.688. The van der Waals surface area contributed by atoms with Crippen LogP contribution in [0.1, 0.15) is 32.6 Å². The zero-order valence-electron chi connectivity index (χ0n) is 13.1. The summed E-state index contributed by atoms with van der Waals surface area (Å²) in [6, 6.07) is 2.02. The van der Waals surface area contributed by atoms with Crippen LogP contribution >= 0.6 is 0 Å². The molecule has 1 aliphatic rings. The molecule has 0 saturated heterocycles. The Labute approximate surface area is 122 Å². The van der Waals surface area contributed by atoms with E-state index in [2.05, 4.69) is 22.1 Å². The molecule has 2 rings (SSSR count). The summed E-state index contributed by atoms with van der Waals surface area (Å²) in [5.41, 5.74) is 2.14. The van der Waals surface area contributed by atoms with E-state index < -0.39 is 0 Å². The van der Waals surface area contributed by atoms with Crippen molar-refractivity contribution in [1.29, 1.82) is 0 Å². The molecule has 0 radical (unpaired) electrons. The highest BCUT2D eigenvalue weighted by molar-refractivity contribution is 5.74. The minimum atomic E-state index is 0.681. The van der Waals surface area contributed by atoms with Crippen molar-refractivity contribution >= 4 is 11.4 Å².